The molecule has 1 fully saturated rings. The SMILES string of the molecule is CCCN1CCC[C@@H]1c1ccc(SC(C)C)nc1. The number of rotatable bonds is 5. The molecule has 0 unspecified atom stereocenters. The summed E-state index contributed by atoms with van der Waals surface area (Å²) < 4.78 is 0. The Kier molecular flexibility index (Phi) is 5.07. The van der Waals surface area contributed by atoms with Gasteiger partial charge in [0, 0.05) is 17.5 Å². The first-order valence-corrected chi connectivity index (χ1v) is 7.95. The minimum absolute atomic E-state index is 0.603. The molecule has 2 heterocycles. The molecule has 1 saturated heterocycles. The second-order valence-corrected chi connectivity index (χ2v) is 6.89. The fourth-order valence-electron chi connectivity index (χ4n) is 2.66. The predicted molar refractivity (Wildman–Crippen MR) is 79.1 cm³/mol. The Bertz CT molecular complexity index is 361. The molecule has 2 nitrogen and oxygen atoms in total. The minimum Gasteiger partial charge on any atom is -0.296 e. The van der Waals surface area contributed by atoms with E-state index in [1.165, 1.54) is 37.9 Å². The second kappa shape index (κ2) is 6.58. The molecule has 18 heavy (non-hydrogen) atoms. The van der Waals surface area contributed by atoms with Crippen LogP contribution in [0.25, 0.3) is 0 Å². The molecule has 1 atom stereocenters. The summed E-state index contributed by atoms with van der Waals surface area (Å²) in [6.07, 6.45) is 5.94. The molecule has 1 aliphatic heterocycles. The quantitative estimate of drug-likeness (QED) is 0.744. The highest BCUT2D eigenvalue weighted by atomic mass is 32.2. The number of likely N-dealkylation sites (tertiary alicyclic amines) is 1. The number of thioether (sulfide) groups is 1. The summed E-state index contributed by atoms with van der Waals surface area (Å²) in [5, 5.41) is 1.75. The second-order valence-electron chi connectivity index (χ2n) is 5.29. The first kappa shape index (κ1) is 13.9. The first-order valence-electron chi connectivity index (χ1n) is 7.07. The molecule has 0 amide bonds. The molecule has 0 radical (unpaired) electrons. The highest BCUT2D eigenvalue weighted by Gasteiger charge is 2.25. The van der Waals surface area contributed by atoms with Crippen molar-refractivity contribution in [3.63, 3.8) is 0 Å². The Morgan fingerprint density at radius 1 is 1.44 bits per heavy atom. The van der Waals surface area contributed by atoms with Crippen molar-refractivity contribution in [3.8, 4) is 0 Å². The van der Waals surface area contributed by atoms with E-state index in [0.29, 0.717) is 11.3 Å². The van der Waals surface area contributed by atoms with E-state index in [2.05, 4.69) is 49.0 Å². The Morgan fingerprint density at radius 2 is 2.28 bits per heavy atom. The van der Waals surface area contributed by atoms with Gasteiger partial charge in [0.25, 0.3) is 0 Å². The van der Waals surface area contributed by atoms with Gasteiger partial charge in [0.2, 0.25) is 0 Å². The summed E-state index contributed by atoms with van der Waals surface area (Å²) in [6.45, 7) is 9.14. The Balaban J connectivity index is 2.04. The summed E-state index contributed by atoms with van der Waals surface area (Å²) in [5.74, 6) is 0. The van der Waals surface area contributed by atoms with Crippen molar-refractivity contribution >= 4 is 11.8 Å². The maximum Gasteiger partial charge on any atom is 0.0962 e. The number of pyridine rings is 1. The Hall–Kier alpha value is -0.540. The van der Waals surface area contributed by atoms with Crippen molar-refractivity contribution in [1.82, 2.24) is 9.88 Å². The van der Waals surface area contributed by atoms with E-state index in [1.54, 1.807) is 0 Å². The summed E-state index contributed by atoms with van der Waals surface area (Å²) in [7, 11) is 0. The van der Waals surface area contributed by atoms with Crippen LogP contribution in [0.15, 0.2) is 23.4 Å². The summed E-state index contributed by atoms with van der Waals surface area (Å²) in [4.78, 5) is 7.20. The van der Waals surface area contributed by atoms with Gasteiger partial charge >= 0.3 is 0 Å². The molecule has 0 bridgehead atoms. The van der Waals surface area contributed by atoms with Crippen molar-refractivity contribution in [1.29, 1.82) is 0 Å². The van der Waals surface area contributed by atoms with Gasteiger partial charge in [0.15, 0.2) is 0 Å². The topological polar surface area (TPSA) is 16.1 Å². The van der Waals surface area contributed by atoms with Gasteiger partial charge in [-0.05, 0) is 44.0 Å². The molecule has 0 aliphatic carbocycles. The van der Waals surface area contributed by atoms with Crippen LogP contribution in [0.3, 0.4) is 0 Å². The number of hydrogen-bond donors (Lipinski definition) is 0. The monoisotopic (exact) mass is 264 g/mol. The lowest BCUT2D eigenvalue weighted by Crippen LogP contribution is -2.24. The molecule has 0 aromatic carbocycles. The lowest BCUT2D eigenvalue weighted by Gasteiger charge is -2.24. The Labute approximate surface area is 115 Å². The van der Waals surface area contributed by atoms with Crippen molar-refractivity contribution < 1.29 is 0 Å². The van der Waals surface area contributed by atoms with Gasteiger partial charge < -0.3 is 0 Å². The van der Waals surface area contributed by atoms with Gasteiger partial charge in [-0.15, -0.1) is 11.8 Å². The van der Waals surface area contributed by atoms with E-state index in [0.717, 1.165) is 5.03 Å². The van der Waals surface area contributed by atoms with Crippen molar-refractivity contribution in [2.75, 3.05) is 13.1 Å². The summed E-state index contributed by atoms with van der Waals surface area (Å²) in [5.41, 5.74) is 1.40. The van der Waals surface area contributed by atoms with Crippen LogP contribution in [0.1, 0.15) is 51.6 Å². The molecular weight excluding hydrogens is 240 g/mol. The zero-order valence-electron chi connectivity index (χ0n) is 11.7. The van der Waals surface area contributed by atoms with Gasteiger partial charge in [-0.1, -0.05) is 26.8 Å². The Morgan fingerprint density at radius 3 is 2.89 bits per heavy atom. The molecule has 1 aromatic rings. The normalized spacial score (nSPS) is 20.8. The largest absolute Gasteiger partial charge is 0.296 e. The number of nitrogens with zero attached hydrogens (tertiary/aromatic N) is 2. The predicted octanol–water partition coefficient (Wildman–Crippen LogP) is 4.13. The van der Waals surface area contributed by atoms with Crippen LogP contribution in [0.4, 0.5) is 0 Å². The van der Waals surface area contributed by atoms with E-state index in [4.69, 9.17) is 0 Å². The molecule has 1 aliphatic rings. The third-order valence-corrected chi connectivity index (χ3v) is 4.33. The summed E-state index contributed by atoms with van der Waals surface area (Å²) in [6, 6.07) is 5.06. The zero-order chi connectivity index (χ0) is 13.0. The first-order chi connectivity index (χ1) is 8.70. The van der Waals surface area contributed by atoms with Crippen LogP contribution in [-0.4, -0.2) is 28.2 Å². The molecule has 0 spiro atoms. The van der Waals surface area contributed by atoms with Gasteiger partial charge in [0.05, 0.1) is 5.03 Å². The van der Waals surface area contributed by atoms with Gasteiger partial charge in [-0.2, -0.15) is 0 Å². The highest BCUT2D eigenvalue weighted by Crippen LogP contribution is 2.32. The maximum absolute atomic E-state index is 4.59. The molecule has 3 heteroatoms. The molecule has 1 aromatic heterocycles. The van der Waals surface area contributed by atoms with Crippen molar-refractivity contribution in [3.05, 3.63) is 23.9 Å². The van der Waals surface area contributed by atoms with Crippen LogP contribution < -0.4 is 0 Å². The number of hydrogen-bond acceptors (Lipinski definition) is 3. The molecule has 0 saturated carbocycles. The van der Waals surface area contributed by atoms with Crippen LogP contribution in [-0.2, 0) is 0 Å². The van der Waals surface area contributed by atoms with Crippen molar-refractivity contribution in [2.45, 2.75) is 56.4 Å². The average molecular weight is 264 g/mol. The maximum atomic E-state index is 4.59. The van der Waals surface area contributed by atoms with Gasteiger partial charge in [0.1, 0.15) is 0 Å². The minimum atomic E-state index is 0.603. The van der Waals surface area contributed by atoms with E-state index in [1.807, 2.05) is 11.8 Å². The zero-order valence-corrected chi connectivity index (χ0v) is 12.5. The van der Waals surface area contributed by atoms with E-state index >= 15 is 0 Å². The smallest absolute Gasteiger partial charge is 0.0962 e. The third kappa shape index (κ3) is 3.48. The van der Waals surface area contributed by atoms with Crippen LogP contribution in [0.5, 0.6) is 0 Å². The average Bonchev–Trinajstić information content (AvgIpc) is 2.78. The molecular formula is C15H24N2S. The highest BCUT2D eigenvalue weighted by molar-refractivity contribution is 7.99. The van der Waals surface area contributed by atoms with Crippen LogP contribution >= 0.6 is 11.8 Å². The standard InChI is InChI=1S/C15H24N2S/c1-4-9-17-10-5-6-14(17)13-7-8-15(16-11-13)18-12(2)3/h7-8,11-12,14H,4-6,9-10H2,1-3H3/t14-/m1/s1. The fraction of sp³-hybridized carbons (Fsp3) is 0.667. The molecule has 2 rings (SSSR count). The van der Waals surface area contributed by atoms with Crippen LogP contribution in [0.2, 0.25) is 0 Å². The van der Waals surface area contributed by atoms with E-state index in [-0.39, 0.29) is 0 Å². The third-order valence-electron chi connectivity index (χ3n) is 3.37. The van der Waals surface area contributed by atoms with E-state index < -0.39 is 0 Å². The van der Waals surface area contributed by atoms with E-state index in [9.17, 15) is 0 Å². The lowest BCUT2D eigenvalue weighted by atomic mass is 10.1. The van der Waals surface area contributed by atoms with Crippen LogP contribution in [0, 0.1) is 0 Å². The molecule has 0 N–H and O–H groups in total. The number of aromatic nitrogens is 1. The fourth-order valence-corrected chi connectivity index (χ4v) is 3.40. The lowest BCUT2D eigenvalue weighted by molar-refractivity contribution is 0.257. The molecule has 100 valence electrons. The summed E-state index contributed by atoms with van der Waals surface area (Å²) >= 11 is 1.84. The van der Waals surface area contributed by atoms with Gasteiger partial charge in [-0.25, -0.2) is 4.98 Å². The van der Waals surface area contributed by atoms with Crippen molar-refractivity contribution in [2.24, 2.45) is 0 Å². The van der Waals surface area contributed by atoms with Gasteiger partial charge in [-0.3, -0.25) is 4.90 Å².